The molecule has 2 aromatic heterocycles. The molecular weight excluding hydrogens is 280 g/mol. The van der Waals surface area contributed by atoms with Gasteiger partial charge in [0.1, 0.15) is 11.3 Å². The van der Waals surface area contributed by atoms with Gasteiger partial charge < -0.3 is 9.84 Å². The maximum atomic E-state index is 11.7. The zero-order valence-electron chi connectivity index (χ0n) is 11.5. The number of carboxylic acids is 1. The molecule has 0 aliphatic rings. The van der Waals surface area contributed by atoms with Crippen LogP contribution in [-0.2, 0) is 0 Å². The number of para-hydroxylation sites is 1. The summed E-state index contributed by atoms with van der Waals surface area (Å²) in [6.45, 7) is 0. The molecule has 108 valence electrons. The third-order valence-electron chi connectivity index (χ3n) is 3.03. The molecule has 3 rings (SSSR count). The van der Waals surface area contributed by atoms with Gasteiger partial charge in [-0.05, 0) is 30.3 Å². The number of aromatic nitrogens is 2. The van der Waals surface area contributed by atoms with Crippen molar-refractivity contribution < 1.29 is 14.6 Å². The van der Waals surface area contributed by atoms with Crippen molar-refractivity contribution in [1.82, 2.24) is 9.97 Å². The van der Waals surface area contributed by atoms with Crippen LogP contribution in [-0.4, -0.2) is 21.0 Å². The first-order valence-electron chi connectivity index (χ1n) is 6.62. The van der Waals surface area contributed by atoms with Crippen LogP contribution in [0.15, 0.2) is 67.0 Å². The first kappa shape index (κ1) is 13.8. The summed E-state index contributed by atoms with van der Waals surface area (Å²) in [5.74, 6) is -0.544. The Kier molecular flexibility index (Phi) is 3.78. The summed E-state index contributed by atoms with van der Waals surface area (Å²) in [7, 11) is 0. The zero-order chi connectivity index (χ0) is 15.4. The molecule has 5 heteroatoms. The molecule has 0 unspecified atom stereocenters. The van der Waals surface area contributed by atoms with Gasteiger partial charge in [0.15, 0.2) is 0 Å². The van der Waals surface area contributed by atoms with Gasteiger partial charge in [0.25, 0.3) is 0 Å². The number of pyridine rings is 2. The molecule has 0 atom stereocenters. The number of nitrogens with zero attached hydrogens (tertiary/aromatic N) is 2. The van der Waals surface area contributed by atoms with Crippen LogP contribution in [0.3, 0.4) is 0 Å². The summed E-state index contributed by atoms with van der Waals surface area (Å²) in [6.07, 6.45) is 3.12. The maximum absolute atomic E-state index is 11.7. The molecule has 3 aromatic rings. The summed E-state index contributed by atoms with van der Waals surface area (Å²) < 4.78 is 5.61. The fourth-order valence-electron chi connectivity index (χ4n) is 2.06. The average molecular weight is 292 g/mol. The second kappa shape index (κ2) is 6.05. The van der Waals surface area contributed by atoms with Crippen LogP contribution in [0.5, 0.6) is 11.6 Å². The van der Waals surface area contributed by atoms with Crippen LogP contribution in [0.4, 0.5) is 0 Å². The van der Waals surface area contributed by atoms with Crippen molar-refractivity contribution in [3.63, 3.8) is 0 Å². The highest BCUT2D eigenvalue weighted by atomic mass is 16.5. The van der Waals surface area contributed by atoms with Gasteiger partial charge in [0.2, 0.25) is 5.88 Å². The predicted octanol–water partition coefficient (Wildman–Crippen LogP) is 3.63. The Balaban J connectivity index is 2.10. The molecule has 22 heavy (non-hydrogen) atoms. The standard InChI is InChI=1S/C17H12N2O3/c20-17(21)15-13(14-8-4-5-10-18-14)9-11-19-16(15)22-12-6-2-1-3-7-12/h1-11H,(H,20,21). The van der Waals surface area contributed by atoms with Crippen LogP contribution in [0.1, 0.15) is 10.4 Å². The number of ether oxygens (including phenoxy) is 1. The molecule has 0 fully saturated rings. The Morgan fingerprint density at radius 3 is 2.36 bits per heavy atom. The van der Waals surface area contributed by atoms with Crippen molar-refractivity contribution in [2.45, 2.75) is 0 Å². The van der Waals surface area contributed by atoms with Crippen LogP contribution in [0.2, 0.25) is 0 Å². The third-order valence-corrected chi connectivity index (χ3v) is 3.03. The van der Waals surface area contributed by atoms with E-state index in [1.54, 1.807) is 54.7 Å². The van der Waals surface area contributed by atoms with Gasteiger partial charge in [0.05, 0.1) is 5.69 Å². The minimum Gasteiger partial charge on any atom is -0.477 e. The number of rotatable bonds is 4. The van der Waals surface area contributed by atoms with Gasteiger partial charge >= 0.3 is 5.97 Å². The molecule has 0 saturated heterocycles. The molecule has 0 saturated carbocycles. The normalized spacial score (nSPS) is 10.2. The van der Waals surface area contributed by atoms with Crippen molar-refractivity contribution >= 4 is 5.97 Å². The van der Waals surface area contributed by atoms with Crippen molar-refractivity contribution in [2.24, 2.45) is 0 Å². The molecular formula is C17H12N2O3. The monoisotopic (exact) mass is 292 g/mol. The molecule has 0 bridgehead atoms. The Hall–Kier alpha value is -3.21. The summed E-state index contributed by atoms with van der Waals surface area (Å²) in [6, 6.07) is 15.9. The fraction of sp³-hybridized carbons (Fsp3) is 0. The quantitative estimate of drug-likeness (QED) is 0.795. The van der Waals surface area contributed by atoms with E-state index in [0.717, 1.165) is 0 Å². The van der Waals surface area contributed by atoms with Gasteiger partial charge in [-0.15, -0.1) is 0 Å². The van der Waals surface area contributed by atoms with E-state index in [0.29, 0.717) is 17.0 Å². The van der Waals surface area contributed by atoms with Crippen molar-refractivity contribution in [1.29, 1.82) is 0 Å². The van der Waals surface area contributed by atoms with E-state index in [-0.39, 0.29) is 11.4 Å². The molecule has 0 radical (unpaired) electrons. The summed E-state index contributed by atoms with van der Waals surface area (Å²) >= 11 is 0. The lowest BCUT2D eigenvalue weighted by Crippen LogP contribution is -2.05. The fourth-order valence-corrected chi connectivity index (χ4v) is 2.06. The van der Waals surface area contributed by atoms with Crippen LogP contribution in [0, 0.1) is 0 Å². The van der Waals surface area contributed by atoms with Crippen LogP contribution < -0.4 is 4.74 Å². The number of carbonyl (C=O) groups is 1. The summed E-state index contributed by atoms with van der Waals surface area (Å²) in [5.41, 5.74) is 1.01. The third kappa shape index (κ3) is 2.78. The SMILES string of the molecule is O=C(O)c1c(-c2ccccn2)ccnc1Oc1ccccc1. The highest BCUT2D eigenvalue weighted by molar-refractivity contribution is 5.97. The van der Waals surface area contributed by atoms with E-state index in [9.17, 15) is 9.90 Å². The molecule has 5 nitrogen and oxygen atoms in total. The Morgan fingerprint density at radius 2 is 1.68 bits per heavy atom. The molecule has 0 spiro atoms. The predicted molar refractivity (Wildman–Crippen MR) is 80.9 cm³/mol. The first-order chi connectivity index (χ1) is 10.8. The van der Waals surface area contributed by atoms with Gasteiger partial charge in [-0.3, -0.25) is 4.98 Å². The number of carboxylic acid groups (broad SMARTS) is 1. The number of hydrogen-bond acceptors (Lipinski definition) is 4. The minimum absolute atomic E-state index is 0.00921. The van der Waals surface area contributed by atoms with Crippen molar-refractivity contribution in [2.75, 3.05) is 0 Å². The van der Waals surface area contributed by atoms with Gasteiger partial charge in [-0.25, -0.2) is 9.78 Å². The second-order valence-corrected chi connectivity index (χ2v) is 4.47. The van der Waals surface area contributed by atoms with Crippen LogP contribution in [0.25, 0.3) is 11.3 Å². The van der Waals surface area contributed by atoms with E-state index in [1.165, 1.54) is 6.20 Å². The number of hydrogen-bond donors (Lipinski definition) is 1. The van der Waals surface area contributed by atoms with Crippen LogP contribution >= 0.6 is 0 Å². The Labute approximate surface area is 126 Å². The van der Waals surface area contributed by atoms with E-state index >= 15 is 0 Å². The Morgan fingerprint density at radius 1 is 0.909 bits per heavy atom. The molecule has 2 heterocycles. The topological polar surface area (TPSA) is 72.3 Å². The zero-order valence-corrected chi connectivity index (χ0v) is 11.5. The smallest absolute Gasteiger partial charge is 0.341 e. The van der Waals surface area contributed by atoms with E-state index in [1.807, 2.05) is 6.07 Å². The van der Waals surface area contributed by atoms with E-state index in [4.69, 9.17) is 4.74 Å². The molecule has 0 amide bonds. The lowest BCUT2D eigenvalue weighted by Gasteiger charge is -2.11. The summed E-state index contributed by atoms with van der Waals surface area (Å²) in [4.78, 5) is 19.9. The maximum Gasteiger partial charge on any atom is 0.341 e. The van der Waals surface area contributed by atoms with E-state index < -0.39 is 5.97 Å². The largest absolute Gasteiger partial charge is 0.477 e. The van der Waals surface area contributed by atoms with Gasteiger partial charge in [-0.1, -0.05) is 24.3 Å². The van der Waals surface area contributed by atoms with Crippen molar-refractivity contribution in [3.05, 3.63) is 72.6 Å². The lowest BCUT2D eigenvalue weighted by molar-refractivity contribution is 0.0694. The second-order valence-electron chi connectivity index (χ2n) is 4.47. The van der Waals surface area contributed by atoms with Gasteiger partial charge in [-0.2, -0.15) is 0 Å². The molecule has 0 aliphatic carbocycles. The highest BCUT2D eigenvalue weighted by Crippen LogP contribution is 2.30. The average Bonchev–Trinajstić information content (AvgIpc) is 2.56. The summed E-state index contributed by atoms with van der Waals surface area (Å²) in [5, 5.41) is 9.54. The minimum atomic E-state index is -1.11. The van der Waals surface area contributed by atoms with Gasteiger partial charge in [0, 0.05) is 18.0 Å². The number of benzene rings is 1. The molecule has 1 aromatic carbocycles. The van der Waals surface area contributed by atoms with E-state index in [2.05, 4.69) is 9.97 Å². The lowest BCUT2D eigenvalue weighted by atomic mass is 10.1. The Bertz CT molecular complexity index is 790. The highest BCUT2D eigenvalue weighted by Gasteiger charge is 2.20. The van der Waals surface area contributed by atoms with Crippen molar-refractivity contribution in [3.8, 4) is 22.9 Å². The molecule has 1 N–H and O–H groups in total. The first-order valence-corrected chi connectivity index (χ1v) is 6.62. The molecule has 0 aliphatic heterocycles. The number of aromatic carboxylic acids is 1.